The van der Waals surface area contributed by atoms with Crippen LogP contribution in [-0.4, -0.2) is 39.9 Å². The summed E-state index contributed by atoms with van der Waals surface area (Å²) in [6.07, 6.45) is 0.606. The molecular formula is C21H15N3O3S2. The molecule has 0 N–H and O–H groups in total. The first-order valence-electron chi connectivity index (χ1n) is 9.05. The first-order chi connectivity index (χ1) is 14.1. The molecule has 0 saturated carbocycles. The Balaban J connectivity index is 1.43. The Morgan fingerprint density at radius 3 is 2.28 bits per heavy atom. The summed E-state index contributed by atoms with van der Waals surface area (Å²) in [7, 11) is 0. The fraction of sp³-hybridized carbons (Fsp3) is 0.143. The first kappa shape index (κ1) is 18.0. The van der Waals surface area contributed by atoms with Crippen molar-refractivity contribution in [2.75, 3.05) is 6.54 Å². The molecule has 3 aromatic rings. The van der Waals surface area contributed by atoms with Crippen LogP contribution in [0.1, 0.15) is 42.9 Å². The number of carbonyl (C=O) groups is 3. The molecule has 29 heavy (non-hydrogen) atoms. The topological polar surface area (TPSA) is 70.1 Å². The van der Waals surface area contributed by atoms with E-state index in [0.717, 1.165) is 20.4 Å². The van der Waals surface area contributed by atoms with Crippen LogP contribution in [0.25, 0.3) is 0 Å². The van der Waals surface area contributed by atoms with Gasteiger partial charge in [0.2, 0.25) is 0 Å². The maximum Gasteiger partial charge on any atom is 0.263 e. The Bertz CT molecular complexity index is 1100. The second kappa shape index (κ2) is 7.06. The number of thiophene rings is 2. The Kier molecular flexibility index (Phi) is 4.37. The predicted molar refractivity (Wildman–Crippen MR) is 111 cm³/mol. The summed E-state index contributed by atoms with van der Waals surface area (Å²) >= 11 is 3.14. The predicted octanol–water partition coefficient (Wildman–Crippen LogP) is 3.78. The second-order valence-corrected chi connectivity index (χ2v) is 8.67. The number of rotatable bonds is 4. The average molecular weight is 422 g/mol. The van der Waals surface area contributed by atoms with Gasteiger partial charge in [-0.2, -0.15) is 5.10 Å². The van der Waals surface area contributed by atoms with Crippen LogP contribution in [0.5, 0.6) is 0 Å². The molecule has 0 saturated heterocycles. The van der Waals surface area contributed by atoms with Gasteiger partial charge in [-0.1, -0.05) is 24.3 Å². The van der Waals surface area contributed by atoms with Gasteiger partial charge >= 0.3 is 0 Å². The van der Waals surface area contributed by atoms with Crippen LogP contribution in [0.15, 0.2) is 64.4 Å². The zero-order valence-electron chi connectivity index (χ0n) is 15.1. The SMILES string of the molecule is O=C1c2ccccc2C(=O)N1CC(=O)N1N=C(c2cccs2)C[C@@H]1c1cccs1. The third-order valence-electron chi connectivity index (χ3n) is 5.01. The monoisotopic (exact) mass is 421 g/mol. The molecule has 6 nitrogen and oxygen atoms in total. The minimum atomic E-state index is -0.437. The van der Waals surface area contributed by atoms with E-state index in [1.807, 2.05) is 35.0 Å². The maximum atomic E-state index is 13.1. The molecule has 0 aliphatic carbocycles. The highest BCUT2D eigenvalue weighted by Crippen LogP contribution is 2.36. The Morgan fingerprint density at radius 1 is 0.966 bits per heavy atom. The second-order valence-electron chi connectivity index (χ2n) is 6.74. The zero-order valence-corrected chi connectivity index (χ0v) is 16.8. The molecule has 2 aromatic heterocycles. The Morgan fingerprint density at radius 2 is 1.66 bits per heavy atom. The lowest BCUT2D eigenvalue weighted by atomic mass is 10.1. The maximum absolute atomic E-state index is 13.1. The minimum Gasteiger partial charge on any atom is -0.271 e. The van der Waals surface area contributed by atoms with Crippen molar-refractivity contribution in [2.24, 2.45) is 5.10 Å². The van der Waals surface area contributed by atoms with Crippen molar-refractivity contribution in [3.8, 4) is 0 Å². The number of carbonyl (C=O) groups excluding carboxylic acids is 3. The highest BCUT2D eigenvalue weighted by Gasteiger charge is 2.40. The summed E-state index contributed by atoms with van der Waals surface area (Å²) in [5, 5.41) is 9.95. The summed E-state index contributed by atoms with van der Waals surface area (Å²) in [5.74, 6) is -1.24. The largest absolute Gasteiger partial charge is 0.271 e. The van der Waals surface area contributed by atoms with E-state index in [-0.39, 0.29) is 18.5 Å². The smallest absolute Gasteiger partial charge is 0.263 e. The lowest BCUT2D eigenvalue weighted by molar-refractivity contribution is -0.133. The molecule has 0 fully saturated rings. The quantitative estimate of drug-likeness (QED) is 0.602. The fourth-order valence-electron chi connectivity index (χ4n) is 3.62. The van der Waals surface area contributed by atoms with E-state index in [1.165, 1.54) is 5.01 Å². The lowest BCUT2D eigenvalue weighted by Gasteiger charge is -2.23. The zero-order chi connectivity index (χ0) is 20.0. The molecule has 0 unspecified atom stereocenters. The Hall–Kier alpha value is -3.10. The summed E-state index contributed by atoms with van der Waals surface area (Å²) < 4.78 is 0. The highest BCUT2D eigenvalue weighted by atomic mass is 32.1. The van der Waals surface area contributed by atoms with Crippen molar-refractivity contribution in [2.45, 2.75) is 12.5 Å². The van der Waals surface area contributed by atoms with Gasteiger partial charge in [-0.25, -0.2) is 5.01 Å². The number of hydrogen-bond acceptors (Lipinski definition) is 6. The van der Waals surface area contributed by atoms with E-state index >= 15 is 0 Å². The normalized spacial score (nSPS) is 18.3. The first-order valence-corrected chi connectivity index (χ1v) is 10.8. The summed E-state index contributed by atoms with van der Waals surface area (Å²) in [6.45, 7) is -0.324. The van der Waals surface area contributed by atoms with Gasteiger partial charge in [0.05, 0.1) is 27.8 Å². The van der Waals surface area contributed by atoms with E-state index in [0.29, 0.717) is 17.5 Å². The minimum absolute atomic E-state index is 0.227. The van der Waals surface area contributed by atoms with Crippen molar-refractivity contribution in [3.05, 3.63) is 80.2 Å². The molecule has 3 amide bonds. The van der Waals surface area contributed by atoms with E-state index < -0.39 is 11.8 Å². The van der Waals surface area contributed by atoms with Crippen LogP contribution >= 0.6 is 22.7 Å². The number of imide groups is 1. The summed E-state index contributed by atoms with van der Waals surface area (Å²) in [4.78, 5) is 41.4. The molecule has 0 spiro atoms. The van der Waals surface area contributed by atoms with E-state index in [9.17, 15) is 14.4 Å². The van der Waals surface area contributed by atoms with Gasteiger partial charge in [-0.15, -0.1) is 22.7 Å². The van der Waals surface area contributed by atoms with Crippen molar-refractivity contribution in [1.82, 2.24) is 9.91 Å². The van der Waals surface area contributed by atoms with Crippen molar-refractivity contribution >= 4 is 46.1 Å². The van der Waals surface area contributed by atoms with Crippen molar-refractivity contribution in [1.29, 1.82) is 0 Å². The number of hydrazone groups is 1. The molecule has 4 heterocycles. The third kappa shape index (κ3) is 3.01. The number of amides is 3. The van der Waals surface area contributed by atoms with Crippen LogP contribution in [0, 0.1) is 0 Å². The number of nitrogens with zero attached hydrogens (tertiary/aromatic N) is 3. The summed E-state index contributed by atoms with van der Waals surface area (Å²) in [5.41, 5.74) is 1.52. The molecule has 2 aliphatic rings. The highest BCUT2D eigenvalue weighted by molar-refractivity contribution is 7.12. The van der Waals surface area contributed by atoms with Gasteiger partial charge in [0, 0.05) is 11.3 Å². The third-order valence-corrected chi connectivity index (χ3v) is 6.91. The molecule has 0 radical (unpaired) electrons. The van der Waals surface area contributed by atoms with Gasteiger partial charge in [0.25, 0.3) is 17.7 Å². The van der Waals surface area contributed by atoms with Gasteiger partial charge in [0.1, 0.15) is 6.54 Å². The van der Waals surface area contributed by atoms with Crippen molar-refractivity contribution < 1.29 is 14.4 Å². The fourth-order valence-corrected chi connectivity index (χ4v) is 5.16. The van der Waals surface area contributed by atoms with Crippen LogP contribution in [0.4, 0.5) is 0 Å². The molecule has 1 aromatic carbocycles. The molecular weight excluding hydrogens is 406 g/mol. The number of fused-ring (bicyclic) bond motifs is 1. The molecule has 2 aliphatic heterocycles. The Labute approximate surface area is 174 Å². The van der Waals surface area contributed by atoms with Crippen molar-refractivity contribution in [3.63, 3.8) is 0 Å². The molecule has 8 heteroatoms. The van der Waals surface area contributed by atoms with Crippen LogP contribution in [-0.2, 0) is 4.79 Å². The molecule has 1 atom stereocenters. The lowest BCUT2D eigenvalue weighted by Crippen LogP contribution is -2.40. The van der Waals surface area contributed by atoms with Crippen LogP contribution in [0.3, 0.4) is 0 Å². The molecule has 144 valence electrons. The van der Waals surface area contributed by atoms with E-state index in [2.05, 4.69) is 5.10 Å². The number of benzene rings is 1. The number of hydrogen-bond donors (Lipinski definition) is 0. The van der Waals surface area contributed by atoms with Gasteiger partial charge in [-0.3, -0.25) is 19.3 Å². The average Bonchev–Trinajstić information content (AvgIpc) is 3.51. The van der Waals surface area contributed by atoms with Crippen LogP contribution in [0.2, 0.25) is 0 Å². The van der Waals surface area contributed by atoms with Gasteiger partial charge < -0.3 is 0 Å². The van der Waals surface area contributed by atoms with E-state index in [1.54, 1.807) is 46.9 Å². The van der Waals surface area contributed by atoms with E-state index in [4.69, 9.17) is 0 Å². The van der Waals surface area contributed by atoms with Gasteiger partial charge in [-0.05, 0) is 35.0 Å². The standard InChI is InChI=1S/C21H15N3O3S2/c25-19(12-23-20(26)13-5-1-2-6-14(13)21(23)27)24-16(18-8-4-10-29-18)11-15(22-24)17-7-3-9-28-17/h1-10,16H,11-12H2/t16-/m1/s1. The molecule has 0 bridgehead atoms. The van der Waals surface area contributed by atoms with Gasteiger partial charge in [0.15, 0.2) is 0 Å². The van der Waals surface area contributed by atoms with Crippen LogP contribution < -0.4 is 0 Å². The summed E-state index contributed by atoms with van der Waals surface area (Å²) in [6, 6.07) is 14.3. The molecule has 5 rings (SSSR count).